The molecule has 0 bridgehead atoms. The van der Waals surface area contributed by atoms with Crippen LogP contribution in [0.15, 0.2) is 29.3 Å². The second kappa shape index (κ2) is 4.54. The highest BCUT2D eigenvalue weighted by molar-refractivity contribution is 6.00. The van der Waals surface area contributed by atoms with Crippen molar-refractivity contribution in [3.05, 3.63) is 39.9 Å². The van der Waals surface area contributed by atoms with Crippen molar-refractivity contribution in [2.75, 3.05) is 6.61 Å². The third-order valence-corrected chi connectivity index (χ3v) is 5.24. The van der Waals surface area contributed by atoms with E-state index in [0.717, 1.165) is 0 Å². The minimum absolute atomic E-state index is 0.00555. The maximum atomic E-state index is 10.8. The molecule has 1 spiro atoms. The van der Waals surface area contributed by atoms with E-state index in [1.165, 1.54) is 24.3 Å². The monoisotopic (exact) mass is 339 g/mol. The summed E-state index contributed by atoms with van der Waals surface area (Å²) >= 11 is 0. The quantitative estimate of drug-likeness (QED) is 0.628. The standard InChI is InChI=1S/C16H13N5O4/c1-9-6-24-16(25-9)15(8-18)12(14(15,7-17)13(19)20-16)10-2-4-11(5-3-10)21(22)23/h2-5,9,12H,6H2,1H3,(H2,19,20)/t9-,12-,14-,15-,16-/m1/s1. The molecule has 0 aromatic heterocycles. The minimum Gasteiger partial charge on any atom is -0.386 e. The number of aliphatic imine (C=N–C) groups is 1. The smallest absolute Gasteiger partial charge is 0.293 e. The van der Waals surface area contributed by atoms with Crippen LogP contribution in [0.4, 0.5) is 5.69 Å². The predicted molar refractivity (Wildman–Crippen MR) is 82.8 cm³/mol. The highest BCUT2D eigenvalue weighted by Gasteiger charge is 2.94. The Hall–Kier alpha value is -3.01. The van der Waals surface area contributed by atoms with Crippen LogP contribution in [0.5, 0.6) is 0 Å². The highest BCUT2D eigenvalue weighted by atomic mass is 16.8. The largest absolute Gasteiger partial charge is 0.386 e. The van der Waals surface area contributed by atoms with Crippen molar-refractivity contribution in [2.45, 2.75) is 24.9 Å². The first-order valence-corrected chi connectivity index (χ1v) is 7.63. The second-order valence-corrected chi connectivity index (χ2v) is 6.44. The van der Waals surface area contributed by atoms with Crippen LogP contribution in [0.3, 0.4) is 0 Å². The molecule has 25 heavy (non-hydrogen) atoms. The van der Waals surface area contributed by atoms with Crippen molar-refractivity contribution in [2.24, 2.45) is 21.6 Å². The van der Waals surface area contributed by atoms with E-state index in [1.54, 1.807) is 6.92 Å². The van der Waals surface area contributed by atoms with Crippen molar-refractivity contribution in [3.8, 4) is 12.1 Å². The van der Waals surface area contributed by atoms with E-state index >= 15 is 0 Å². The number of nitro benzene ring substituents is 1. The van der Waals surface area contributed by atoms with Crippen molar-refractivity contribution in [1.82, 2.24) is 0 Å². The molecule has 1 aliphatic carbocycles. The van der Waals surface area contributed by atoms with Crippen LogP contribution in [-0.4, -0.2) is 29.4 Å². The van der Waals surface area contributed by atoms with Gasteiger partial charge < -0.3 is 15.2 Å². The zero-order valence-corrected chi connectivity index (χ0v) is 13.2. The molecular formula is C16H13N5O4. The number of hydrogen-bond donors (Lipinski definition) is 1. The molecule has 2 N–H and O–H groups in total. The van der Waals surface area contributed by atoms with Crippen molar-refractivity contribution < 1.29 is 14.4 Å². The van der Waals surface area contributed by atoms with Gasteiger partial charge in [0.2, 0.25) is 0 Å². The molecule has 1 saturated carbocycles. The number of rotatable bonds is 2. The Labute approximate surface area is 142 Å². The number of amidine groups is 1. The lowest BCUT2D eigenvalue weighted by molar-refractivity contribution is -0.384. The van der Waals surface area contributed by atoms with Crippen LogP contribution >= 0.6 is 0 Å². The molecule has 2 fully saturated rings. The molecular weight excluding hydrogens is 326 g/mol. The van der Waals surface area contributed by atoms with Gasteiger partial charge >= 0.3 is 0 Å². The average molecular weight is 339 g/mol. The van der Waals surface area contributed by atoms with Crippen LogP contribution in [0.2, 0.25) is 0 Å². The van der Waals surface area contributed by atoms with Gasteiger partial charge in [-0.15, -0.1) is 0 Å². The molecule has 1 aromatic rings. The van der Waals surface area contributed by atoms with E-state index in [-0.39, 0.29) is 24.2 Å². The number of ether oxygens (including phenoxy) is 2. The Morgan fingerprint density at radius 3 is 2.52 bits per heavy atom. The third kappa shape index (κ3) is 1.50. The number of nitrogens with zero attached hydrogens (tertiary/aromatic N) is 4. The first kappa shape index (κ1) is 15.5. The molecule has 2 aliphatic heterocycles. The number of nitrogens with two attached hydrogens (primary N) is 1. The molecule has 1 saturated heterocycles. The summed E-state index contributed by atoms with van der Waals surface area (Å²) in [4.78, 5) is 14.5. The van der Waals surface area contributed by atoms with E-state index in [4.69, 9.17) is 15.2 Å². The van der Waals surface area contributed by atoms with Gasteiger partial charge in [-0.1, -0.05) is 12.1 Å². The zero-order chi connectivity index (χ0) is 18.0. The summed E-state index contributed by atoms with van der Waals surface area (Å²) < 4.78 is 11.5. The van der Waals surface area contributed by atoms with Gasteiger partial charge in [0.05, 0.1) is 29.8 Å². The molecule has 9 nitrogen and oxygen atoms in total. The highest BCUT2D eigenvalue weighted by Crippen LogP contribution is 2.82. The van der Waals surface area contributed by atoms with E-state index in [2.05, 4.69) is 17.1 Å². The summed E-state index contributed by atoms with van der Waals surface area (Å²) in [5.74, 6) is -2.26. The Kier molecular flexibility index (Phi) is 2.82. The fourth-order valence-electron chi connectivity index (χ4n) is 4.15. The lowest BCUT2D eigenvalue weighted by Crippen LogP contribution is -2.39. The summed E-state index contributed by atoms with van der Waals surface area (Å²) in [7, 11) is 0. The maximum Gasteiger partial charge on any atom is 0.293 e. The van der Waals surface area contributed by atoms with Crippen LogP contribution < -0.4 is 5.73 Å². The molecule has 0 unspecified atom stereocenters. The van der Waals surface area contributed by atoms with Gasteiger partial charge in [-0.3, -0.25) is 10.1 Å². The number of benzene rings is 1. The van der Waals surface area contributed by atoms with Gasteiger partial charge in [0, 0.05) is 18.1 Å². The predicted octanol–water partition coefficient (Wildman–Crippen LogP) is 1.17. The molecule has 0 amide bonds. The fraction of sp³-hybridized carbons (Fsp3) is 0.438. The second-order valence-electron chi connectivity index (χ2n) is 6.44. The summed E-state index contributed by atoms with van der Waals surface area (Å²) in [6.07, 6.45) is -0.297. The Morgan fingerprint density at radius 1 is 1.36 bits per heavy atom. The van der Waals surface area contributed by atoms with E-state index < -0.39 is 27.6 Å². The van der Waals surface area contributed by atoms with E-state index in [0.29, 0.717) is 5.56 Å². The minimum atomic E-state index is -1.62. The molecule has 9 heteroatoms. The SMILES string of the molecule is C[C@@H]1CO[C@@]2(N=C(N)[C@@]3(C#N)[C@@H](c4ccc([N+](=O)[O-])cc4)[C@@]23C#N)O1. The topological polar surface area (TPSA) is 148 Å². The molecule has 4 rings (SSSR count). The summed E-state index contributed by atoms with van der Waals surface area (Å²) in [6.45, 7) is 2.01. The molecule has 5 atom stereocenters. The zero-order valence-electron chi connectivity index (χ0n) is 13.2. The van der Waals surface area contributed by atoms with Crippen LogP contribution in [0, 0.1) is 43.6 Å². The van der Waals surface area contributed by atoms with Gasteiger partial charge in [-0.2, -0.15) is 10.5 Å². The van der Waals surface area contributed by atoms with Gasteiger partial charge in [-0.25, -0.2) is 4.99 Å². The van der Waals surface area contributed by atoms with Gasteiger partial charge in [0.1, 0.15) is 11.3 Å². The Bertz CT molecular complexity index is 901. The molecule has 0 radical (unpaired) electrons. The fourth-order valence-corrected chi connectivity index (χ4v) is 4.15. The number of nitriles is 2. The van der Waals surface area contributed by atoms with Gasteiger partial charge in [0.15, 0.2) is 5.41 Å². The lowest BCUT2D eigenvalue weighted by atomic mass is 9.94. The summed E-state index contributed by atoms with van der Waals surface area (Å²) in [6, 6.07) is 10.0. The normalized spacial score (nSPS) is 40.8. The van der Waals surface area contributed by atoms with Crippen molar-refractivity contribution >= 4 is 11.5 Å². The number of non-ortho nitro benzene ring substituents is 1. The average Bonchev–Trinajstić information content (AvgIpc) is 2.99. The molecule has 1 aromatic carbocycles. The number of hydrogen-bond acceptors (Lipinski definition) is 8. The van der Waals surface area contributed by atoms with Crippen LogP contribution in [-0.2, 0) is 9.47 Å². The molecule has 3 aliphatic rings. The van der Waals surface area contributed by atoms with E-state index in [1.807, 2.05) is 0 Å². The van der Waals surface area contributed by atoms with Crippen LogP contribution in [0.25, 0.3) is 0 Å². The first-order chi connectivity index (χ1) is 11.9. The van der Waals surface area contributed by atoms with Gasteiger partial charge in [-0.05, 0) is 12.5 Å². The Morgan fingerprint density at radius 2 is 2.04 bits per heavy atom. The number of fused-ring (bicyclic) bond motifs is 2. The summed E-state index contributed by atoms with van der Waals surface area (Å²) in [5, 5.41) is 30.7. The first-order valence-electron chi connectivity index (χ1n) is 7.63. The van der Waals surface area contributed by atoms with E-state index in [9.17, 15) is 20.6 Å². The van der Waals surface area contributed by atoms with Crippen molar-refractivity contribution in [1.29, 1.82) is 10.5 Å². The van der Waals surface area contributed by atoms with Gasteiger partial charge in [0.25, 0.3) is 11.6 Å². The third-order valence-electron chi connectivity index (χ3n) is 5.24. The Balaban J connectivity index is 1.85. The number of nitro groups is 1. The molecule has 126 valence electrons. The maximum absolute atomic E-state index is 10.8. The van der Waals surface area contributed by atoms with Crippen molar-refractivity contribution in [3.63, 3.8) is 0 Å². The van der Waals surface area contributed by atoms with Crippen LogP contribution in [0.1, 0.15) is 18.4 Å². The molecule has 2 heterocycles. The summed E-state index contributed by atoms with van der Waals surface area (Å²) in [5.41, 5.74) is 3.75. The lowest BCUT2D eigenvalue weighted by Gasteiger charge is -2.26.